The maximum absolute atomic E-state index is 12.9. The molecule has 0 spiro atoms. The van der Waals surface area contributed by atoms with Crippen LogP contribution in [-0.2, 0) is 19.4 Å². The lowest BCUT2D eigenvalue weighted by Crippen LogP contribution is -2.49. The molecule has 1 saturated carbocycles. The van der Waals surface area contributed by atoms with Crippen molar-refractivity contribution in [3.63, 3.8) is 0 Å². The average molecular weight is 344 g/mol. The molecule has 132 valence electrons. The average Bonchev–Trinajstić information content (AvgIpc) is 3.10. The molecule has 1 amide bonds. The summed E-state index contributed by atoms with van der Waals surface area (Å²) in [6.07, 6.45) is 4.96. The lowest BCUT2D eigenvalue weighted by atomic mass is 10.1. The van der Waals surface area contributed by atoms with Crippen molar-refractivity contribution in [2.75, 3.05) is 37.7 Å². The predicted octanol–water partition coefficient (Wildman–Crippen LogP) is 0.665. The Bertz CT molecular complexity index is 526. The Balaban J connectivity index is 1.66. The number of sulfone groups is 1. The minimum Gasteiger partial charge on any atom is -0.376 e. The number of carbonyl (C=O) groups excluding carboxylic acids is 1. The third-order valence-corrected chi connectivity index (χ3v) is 6.95. The fraction of sp³-hybridized carbons (Fsp3) is 0.938. The second-order valence-corrected chi connectivity index (χ2v) is 9.26. The molecular formula is C16H28N2O4S. The minimum atomic E-state index is -2.99. The highest BCUT2D eigenvalue weighted by Crippen LogP contribution is 2.27. The van der Waals surface area contributed by atoms with E-state index in [4.69, 9.17) is 4.74 Å². The van der Waals surface area contributed by atoms with Gasteiger partial charge in [0.05, 0.1) is 24.2 Å². The summed E-state index contributed by atoms with van der Waals surface area (Å²) in [5.74, 6) is 0.380. The summed E-state index contributed by atoms with van der Waals surface area (Å²) in [5, 5.41) is 0. The molecule has 3 rings (SSSR count). The van der Waals surface area contributed by atoms with E-state index in [1.165, 1.54) is 12.8 Å². The lowest BCUT2D eigenvalue weighted by molar-refractivity contribution is -0.136. The van der Waals surface area contributed by atoms with Gasteiger partial charge in [0.2, 0.25) is 5.91 Å². The SMILES string of the molecule is CCN(CC(=O)N(CC1CCCO1)C1CCS(=O)(=O)C1)C1CC1. The molecule has 23 heavy (non-hydrogen) atoms. The first-order valence-electron chi connectivity index (χ1n) is 8.84. The monoisotopic (exact) mass is 344 g/mol. The number of amides is 1. The Labute approximate surface area is 139 Å². The van der Waals surface area contributed by atoms with Crippen LogP contribution in [0.1, 0.15) is 39.0 Å². The Morgan fingerprint density at radius 1 is 1.17 bits per heavy atom. The van der Waals surface area contributed by atoms with E-state index in [-0.39, 0.29) is 29.6 Å². The van der Waals surface area contributed by atoms with E-state index < -0.39 is 9.84 Å². The number of likely N-dealkylation sites (N-methyl/N-ethyl adjacent to an activating group) is 1. The highest BCUT2D eigenvalue weighted by Gasteiger charge is 2.38. The third kappa shape index (κ3) is 4.45. The fourth-order valence-corrected chi connectivity index (χ4v) is 5.42. The first kappa shape index (κ1) is 17.2. The Kier molecular flexibility index (Phi) is 5.28. The molecule has 2 saturated heterocycles. The van der Waals surface area contributed by atoms with Crippen LogP contribution in [0.25, 0.3) is 0 Å². The number of carbonyl (C=O) groups is 1. The van der Waals surface area contributed by atoms with Gasteiger partial charge in [-0.05, 0) is 38.6 Å². The highest BCUT2D eigenvalue weighted by atomic mass is 32.2. The number of hydrogen-bond donors (Lipinski definition) is 0. The summed E-state index contributed by atoms with van der Waals surface area (Å²) in [6.45, 7) is 4.65. The van der Waals surface area contributed by atoms with Crippen LogP contribution in [0.15, 0.2) is 0 Å². The smallest absolute Gasteiger partial charge is 0.237 e. The van der Waals surface area contributed by atoms with Crippen molar-refractivity contribution in [2.45, 2.75) is 57.2 Å². The molecule has 0 aromatic heterocycles. The van der Waals surface area contributed by atoms with E-state index in [0.29, 0.717) is 25.6 Å². The van der Waals surface area contributed by atoms with Crippen LogP contribution in [0.3, 0.4) is 0 Å². The first-order chi connectivity index (χ1) is 11.0. The van der Waals surface area contributed by atoms with Crippen molar-refractivity contribution in [1.82, 2.24) is 9.80 Å². The van der Waals surface area contributed by atoms with E-state index in [1.807, 2.05) is 4.90 Å². The van der Waals surface area contributed by atoms with Gasteiger partial charge in [-0.1, -0.05) is 6.92 Å². The molecule has 2 heterocycles. The summed E-state index contributed by atoms with van der Waals surface area (Å²) in [4.78, 5) is 16.9. The summed E-state index contributed by atoms with van der Waals surface area (Å²) in [6, 6.07) is 0.371. The molecule has 3 aliphatic rings. The van der Waals surface area contributed by atoms with E-state index in [9.17, 15) is 13.2 Å². The molecule has 1 aliphatic carbocycles. The second-order valence-electron chi connectivity index (χ2n) is 7.03. The van der Waals surface area contributed by atoms with Gasteiger partial charge in [-0.15, -0.1) is 0 Å². The van der Waals surface area contributed by atoms with Crippen molar-refractivity contribution in [3.8, 4) is 0 Å². The molecule has 0 radical (unpaired) electrons. The quantitative estimate of drug-likeness (QED) is 0.679. The predicted molar refractivity (Wildman–Crippen MR) is 88.0 cm³/mol. The molecule has 7 heteroatoms. The molecule has 0 bridgehead atoms. The van der Waals surface area contributed by atoms with E-state index in [1.54, 1.807) is 0 Å². The number of hydrogen-bond acceptors (Lipinski definition) is 5. The van der Waals surface area contributed by atoms with Gasteiger partial charge in [0.15, 0.2) is 9.84 Å². The third-order valence-electron chi connectivity index (χ3n) is 5.20. The van der Waals surface area contributed by atoms with E-state index in [0.717, 1.165) is 26.0 Å². The summed E-state index contributed by atoms with van der Waals surface area (Å²) >= 11 is 0. The second kappa shape index (κ2) is 7.07. The highest BCUT2D eigenvalue weighted by molar-refractivity contribution is 7.91. The van der Waals surface area contributed by atoms with Gasteiger partial charge >= 0.3 is 0 Å². The van der Waals surface area contributed by atoms with Crippen molar-refractivity contribution in [3.05, 3.63) is 0 Å². The summed E-state index contributed by atoms with van der Waals surface area (Å²) < 4.78 is 29.3. The lowest BCUT2D eigenvalue weighted by Gasteiger charge is -2.32. The van der Waals surface area contributed by atoms with Crippen LogP contribution >= 0.6 is 0 Å². The van der Waals surface area contributed by atoms with Crippen LogP contribution in [0, 0.1) is 0 Å². The van der Waals surface area contributed by atoms with Crippen LogP contribution in [-0.4, -0.2) is 80.1 Å². The molecule has 2 unspecified atom stereocenters. The van der Waals surface area contributed by atoms with Crippen molar-refractivity contribution < 1.29 is 17.9 Å². The number of ether oxygens (including phenoxy) is 1. The first-order valence-corrected chi connectivity index (χ1v) is 10.7. The van der Waals surface area contributed by atoms with Gasteiger partial charge in [-0.2, -0.15) is 0 Å². The van der Waals surface area contributed by atoms with Crippen molar-refractivity contribution >= 4 is 15.7 Å². The van der Waals surface area contributed by atoms with Crippen LogP contribution in [0.2, 0.25) is 0 Å². The zero-order valence-electron chi connectivity index (χ0n) is 13.9. The fourth-order valence-electron chi connectivity index (χ4n) is 3.69. The zero-order valence-corrected chi connectivity index (χ0v) is 14.8. The van der Waals surface area contributed by atoms with Gasteiger partial charge in [0.1, 0.15) is 0 Å². The largest absolute Gasteiger partial charge is 0.376 e. The standard InChI is InChI=1S/C16H28N2O4S/c1-2-17(13-5-6-13)11-16(19)18(10-15-4-3-8-22-15)14-7-9-23(20,21)12-14/h13-15H,2-12H2,1H3. The van der Waals surface area contributed by atoms with E-state index in [2.05, 4.69) is 11.8 Å². The Morgan fingerprint density at radius 3 is 2.48 bits per heavy atom. The van der Waals surface area contributed by atoms with Gasteiger partial charge in [0.25, 0.3) is 0 Å². The maximum Gasteiger partial charge on any atom is 0.237 e. The molecule has 6 nitrogen and oxygen atoms in total. The van der Waals surface area contributed by atoms with Gasteiger partial charge < -0.3 is 9.64 Å². The van der Waals surface area contributed by atoms with E-state index >= 15 is 0 Å². The van der Waals surface area contributed by atoms with Gasteiger partial charge in [-0.3, -0.25) is 9.69 Å². The van der Waals surface area contributed by atoms with Crippen molar-refractivity contribution in [1.29, 1.82) is 0 Å². The molecule has 0 aromatic rings. The maximum atomic E-state index is 12.9. The summed E-state index contributed by atoms with van der Waals surface area (Å²) in [5.41, 5.74) is 0. The normalized spacial score (nSPS) is 30.0. The van der Waals surface area contributed by atoms with Gasteiger partial charge in [0, 0.05) is 25.2 Å². The molecule has 0 N–H and O–H groups in total. The van der Waals surface area contributed by atoms with Crippen molar-refractivity contribution in [2.24, 2.45) is 0 Å². The minimum absolute atomic E-state index is 0.0661. The molecule has 0 aromatic carbocycles. The Morgan fingerprint density at radius 2 is 1.96 bits per heavy atom. The molecular weight excluding hydrogens is 316 g/mol. The van der Waals surface area contributed by atoms with Gasteiger partial charge in [-0.25, -0.2) is 8.42 Å². The topological polar surface area (TPSA) is 66.9 Å². The van der Waals surface area contributed by atoms with Crippen LogP contribution in [0.5, 0.6) is 0 Å². The zero-order chi connectivity index (χ0) is 16.4. The number of rotatable bonds is 7. The summed E-state index contributed by atoms with van der Waals surface area (Å²) in [7, 11) is -2.99. The molecule has 2 atom stereocenters. The van der Waals surface area contributed by atoms with Crippen LogP contribution in [0.4, 0.5) is 0 Å². The Hall–Kier alpha value is -0.660. The molecule has 3 fully saturated rings. The molecule has 2 aliphatic heterocycles. The number of nitrogens with zero attached hydrogens (tertiary/aromatic N) is 2. The van der Waals surface area contributed by atoms with Crippen LogP contribution < -0.4 is 0 Å².